The molecule has 0 unspecified atom stereocenters. The summed E-state index contributed by atoms with van der Waals surface area (Å²) in [5.74, 6) is -5.62. The van der Waals surface area contributed by atoms with Crippen LogP contribution in [0.5, 0.6) is 0 Å². The van der Waals surface area contributed by atoms with E-state index in [0.29, 0.717) is 13.1 Å². The van der Waals surface area contributed by atoms with Crippen molar-refractivity contribution in [2.45, 2.75) is 37.3 Å². The van der Waals surface area contributed by atoms with E-state index in [2.05, 4.69) is 5.32 Å². The minimum atomic E-state index is -3.65. The van der Waals surface area contributed by atoms with Gasteiger partial charge in [-0.25, -0.2) is 21.6 Å². The molecule has 1 saturated heterocycles. The Balaban J connectivity index is 1.70. The van der Waals surface area contributed by atoms with Crippen molar-refractivity contribution < 1.29 is 31.2 Å². The van der Waals surface area contributed by atoms with Gasteiger partial charge < -0.3 is 5.32 Å². The molecular formula is C23H23ClF3N3O4S. The molecule has 2 amide bonds. The quantitative estimate of drug-likeness (QED) is 0.504. The second kappa shape index (κ2) is 9.79. The highest BCUT2D eigenvalue weighted by Gasteiger charge is 2.47. The van der Waals surface area contributed by atoms with Crippen molar-refractivity contribution in [2.24, 2.45) is 0 Å². The molecule has 1 heterocycles. The Bertz CT molecular complexity index is 1230. The fourth-order valence-corrected chi connectivity index (χ4v) is 5.55. The van der Waals surface area contributed by atoms with Crippen LogP contribution in [0, 0.1) is 5.82 Å². The third-order valence-electron chi connectivity index (χ3n) is 5.87. The van der Waals surface area contributed by atoms with Crippen molar-refractivity contribution in [1.29, 1.82) is 0 Å². The molecule has 35 heavy (non-hydrogen) atoms. The van der Waals surface area contributed by atoms with E-state index in [1.54, 1.807) is 12.1 Å². The number of carbonyl (C=O) groups excluding carboxylic acids is 2. The first kappa shape index (κ1) is 25.5. The Kier molecular flexibility index (Phi) is 7.12. The summed E-state index contributed by atoms with van der Waals surface area (Å²) in [4.78, 5) is 27.8. The normalized spacial score (nSPS) is 18.4. The average Bonchev–Trinajstić information content (AvgIpc) is 3.61. The van der Waals surface area contributed by atoms with Gasteiger partial charge in [0.05, 0.1) is 5.75 Å². The van der Waals surface area contributed by atoms with E-state index in [0.717, 1.165) is 17.0 Å². The topological polar surface area (TPSA) is 86.6 Å². The third kappa shape index (κ3) is 5.96. The summed E-state index contributed by atoms with van der Waals surface area (Å²) in [5, 5.41) is 2.65. The summed E-state index contributed by atoms with van der Waals surface area (Å²) in [6, 6.07) is 8.84. The molecule has 1 saturated carbocycles. The maximum Gasteiger partial charge on any atom is 0.252 e. The smallest absolute Gasteiger partial charge is 0.252 e. The van der Waals surface area contributed by atoms with Gasteiger partial charge in [-0.3, -0.25) is 14.5 Å². The fraction of sp³-hybridized carbons (Fsp3) is 0.391. The number of rotatable bonds is 9. The molecule has 2 aliphatic rings. The molecule has 188 valence electrons. The lowest BCUT2D eigenvalue weighted by molar-refractivity contribution is -0.132. The van der Waals surface area contributed by atoms with Crippen LogP contribution in [-0.4, -0.2) is 55.3 Å². The standard InChI is InChI=1S/C23H23ClF3N3O4S/c24-19-7-2-1-6-18(19)21(22(32)28-16-13-23(26,27)14-16)30(17-5-3-4-15(25)12-17)20(31)8-11-35(33,34)29-9-10-29/h1-7,12,16,21H,8-11,13-14H2,(H,28,32)/t21-/m1/s1. The van der Waals surface area contributed by atoms with Crippen LogP contribution in [0.25, 0.3) is 0 Å². The van der Waals surface area contributed by atoms with E-state index >= 15 is 0 Å². The monoisotopic (exact) mass is 529 g/mol. The molecule has 1 aliphatic carbocycles. The maximum absolute atomic E-state index is 14.1. The molecule has 0 aromatic heterocycles. The zero-order valence-corrected chi connectivity index (χ0v) is 20.0. The number of hydrogen-bond acceptors (Lipinski definition) is 4. The van der Waals surface area contributed by atoms with Gasteiger partial charge in [0.15, 0.2) is 0 Å². The van der Waals surface area contributed by atoms with Gasteiger partial charge in [0.2, 0.25) is 21.8 Å². The molecule has 0 spiro atoms. The molecule has 1 N–H and O–H groups in total. The Morgan fingerprint density at radius 1 is 1.14 bits per heavy atom. The molecule has 4 rings (SSSR count). The van der Waals surface area contributed by atoms with E-state index in [1.807, 2.05) is 0 Å². The minimum absolute atomic E-state index is 0.00173. The number of benzene rings is 2. The number of hydrogen-bond donors (Lipinski definition) is 1. The van der Waals surface area contributed by atoms with Crippen molar-refractivity contribution in [3.05, 3.63) is 64.9 Å². The summed E-state index contributed by atoms with van der Waals surface area (Å²) in [6.07, 6.45) is -1.57. The summed E-state index contributed by atoms with van der Waals surface area (Å²) < 4.78 is 66.7. The number of alkyl halides is 2. The van der Waals surface area contributed by atoms with Crippen LogP contribution in [0.1, 0.15) is 30.9 Å². The predicted octanol–water partition coefficient (Wildman–Crippen LogP) is 3.50. The van der Waals surface area contributed by atoms with Gasteiger partial charge in [0.25, 0.3) is 5.92 Å². The van der Waals surface area contributed by atoms with Gasteiger partial charge in [0.1, 0.15) is 11.9 Å². The van der Waals surface area contributed by atoms with E-state index in [4.69, 9.17) is 11.6 Å². The number of nitrogens with one attached hydrogen (secondary N) is 1. The second-order valence-corrected chi connectivity index (χ2v) is 11.1. The zero-order valence-electron chi connectivity index (χ0n) is 18.5. The lowest BCUT2D eigenvalue weighted by Gasteiger charge is -2.38. The van der Waals surface area contributed by atoms with E-state index in [1.165, 1.54) is 28.6 Å². The summed E-state index contributed by atoms with van der Waals surface area (Å²) >= 11 is 6.35. The number of halogens is 4. The predicted molar refractivity (Wildman–Crippen MR) is 124 cm³/mol. The summed E-state index contributed by atoms with van der Waals surface area (Å²) in [5.41, 5.74) is 0.183. The number of anilines is 1. The number of sulfonamides is 1. The Labute approximate surface area is 205 Å². The second-order valence-electron chi connectivity index (χ2n) is 8.60. The van der Waals surface area contributed by atoms with Crippen LogP contribution in [0.15, 0.2) is 48.5 Å². The molecular weight excluding hydrogens is 507 g/mol. The summed E-state index contributed by atoms with van der Waals surface area (Å²) in [7, 11) is -3.65. The SMILES string of the molecule is O=C(NC1CC(F)(F)C1)[C@@H](c1ccccc1Cl)N(C(=O)CCS(=O)(=O)N1CC1)c1cccc(F)c1. The van der Waals surface area contributed by atoms with Crippen LogP contribution >= 0.6 is 11.6 Å². The Hall–Kier alpha value is -2.63. The Morgan fingerprint density at radius 2 is 1.83 bits per heavy atom. The van der Waals surface area contributed by atoms with Crippen molar-refractivity contribution in [3.8, 4) is 0 Å². The van der Waals surface area contributed by atoms with Gasteiger partial charge in [0, 0.05) is 54.7 Å². The van der Waals surface area contributed by atoms with Gasteiger partial charge in [-0.2, -0.15) is 4.31 Å². The van der Waals surface area contributed by atoms with Crippen molar-refractivity contribution in [1.82, 2.24) is 9.62 Å². The maximum atomic E-state index is 14.1. The Morgan fingerprint density at radius 3 is 2.43 bits per heavy atom. The number of amides is 2. The highest BCUT2D eigenvalue weighted by Crippen LogP contribution is 2.39. The van der Waals surface area contributed by atoms with Crippen LogP contribution in [-0.2, 0) is 19.6 Å². The van der Waals surface area contributed by atoms with Gasteiger partial charge in [-0.15, -0.1) is 0 Å². The molecule has 2 fully saturated rings. The highest BCUT2D eigenvalue weighted by atomic mass is 35.5. The van der Waals surface area contributed by atoms with Crippen molar-refractivity contribution in [2.75, 3.05) is 23.7 Å². The first-order valence-electron chi connectivity index (χ1n) is 10.9. The molecule has 2 aromatic rings. The lowest BCUT2D eigenvalue weighted by atomic mass is 9.87. The van der Waals surface area contributed by atoms with E-state index in [-0.39, 0.29) is 16.3 Å². The largest absolute Gasteiger partial charge is 0.351 e. The van der Waals surface area contributed by atoms with E-state index in [9.17, 15) is 31.2 Å². The number of carbonyl (C=O) groups is 2. The van der Waals surface area contributed by atoms with Gasteiger partial charge >= 0.3 is 0 Å². The fourth-order valence-electron chi connectivity index (χ4n) is 3.99. The molecule has 1 atom stereocenters. The molecule has 2 aromatic carbocycles. The van der Waals surface area contributed by atoms with Crippen LogP contribution in [0.4, 0.5) is 18.9 Å². The van der Waals surface area contributed by atoms with Crippen LogP contribution in [0.3, 0.4) is 0 Å². The number of nitrogens with zero attached hydrogens (tertiary/aromatic N) is 2. The molecule has 7 nitrogen and oxygen atoms in total. The minimum Gasteiger partial charge on any atom is -0.351 e. The summed E-state index contributed by atoms with van der Waals surface area (Å²) in [6.45, 7) is 0.752. The van der Waals surface area contributed by atoms with Crippen LogP contribution in [0.2, 0.25) is 5.02 Å². The van der Waals surface area contributed by atoms with E-state index < -0.39 is 70.7 Å². The van der Waals surface area contributed by atoms with Gasteiger partial charge in [-0.05, 0) is 24.3 Å². The lowest BCUT2D eigenvalue weighted by Crippen LogP contribution is -2.54. The molecule has 0 radical (unpaired) electrons. The average molecular weight is 530 g/mol. The molecule has 0 bridgehead atoms. The highest BCUT2D eigenvalue weighted by molar-refractivity contribution is 7.89. The first-order chi connectivity index (χ1) is 16.5. The van der Waals surface area contributed by atoms with Gasteiger partial charge in [-0.1, -0.05) is 35.9 Å². The molecule has 12 heteroatoms. The van der Waals surface area contributed by atoms with Crippen LogP contribution < -0.4 is 10.2 Å². The van der Waals surface area contributed by atoms with Crippen molar-refractivity contribution >= 4 is 39.1 Å². The van der Waals surface area contributed by atoms with Crippen molar-refractivity contribution in [3.63, 3.8) is 0 Å². The molecule has 1 aliphatic heterocycles. The third-order valence-corrected chi connectivity index (χ3v) is 8.09. The zero-order chi connectivity index (χ0) is 25.4. The first-order valence-corrected chi connectivity index (χ1v) is 12.9.